The number of hydrogen-bond donors (Lipinski definition) is 1. The van der Waals surface area contributed by atoms with Crippen molar-refractivity contribution in [2.45, 2.75) is 38.6 Å². The Morgan fingerprint density at radius 1 is 1.35 bits per heavy atom. The van der Waals surface area contributed by atoms with Crippen molar-refractivity contribution in [2.24, 2.45) is 0 Å². The van der Waals surface area contributed by atoms with Gasteiger partial charge in [-0.2, -0.15) is 0 Å². The lowest BCUT2D eigenvalue weighted by atomic mass is 10.1. The summed E-state index contributed by atoms with van der Waals surface area (Å²) in [6, 6.07) is 9.41. The summed E-state index contributed by atoms with van der Waals surface area (Å²) in [7, 11) is 0. The molecule has 1 N–H and O–H groups in total. The van der Waals surface area contributed by atoms with Crippen LogP contribution in [0.5, 0.6) is 0 Å². The van der Waals surface area contributed by atoms with Gasteiger partial charge in [0.25, 0.3) is 0 Å². The van der Waals surface area contributed by atoms with Crippen LogP contribution in [0.4, 0.5) is 0 Å². The summed E-state index contributed by atoms with van der Waals surface area (Å²) in [6.07, 6.45) is 7.33. The van der Waals surface area contributed by atoms with Crippen LogP contribution in [0.15, 0.2) is 40.4 Å². The summed E-state index contributed by atoms with van der Waals surface area (Å²) in [6.45, 7) is 3.35. The highest BCUT2D eigenvalue weighted by Gasteiger charge is 2.19. The van der Waals surface area contributed by atoms with Crippen LogP contribution < -0.4 is 5.32 Å². The smallest absolute Gasteiger partial charge is 0.0175 e. The maximum atomic E-state index is 3.53. The Morgan fingerprint density at radius 2 is 2.06 bits per heavy atom. The molecule has 1 saturated carbocycles. The topological polar surface area (TPSA) is 12.0 Å². The number of rotatable bonds is 6. The molecule has 1 aliphatic carbocycles. The van der Waals surface area contributed by atoms with E-state index in [1.807, 2.05) is 0 Å². The van der Waals surface area contributed by atoms with Gasteiger partial charge in [0.1, 0.15) is 0 Å². The van der Waals surface area contributed by atoms with E-state index in [0.717, 1.165) is 29.9 Å². The minimum Gasteiger partial charge on any atom is -0.314 e. The van der Waals surface area contributed by atoms with Crippen molar-refractivity contribution in [3.05, 3.63) is 46.0 Å². The predicted molar refractivity (Wildman–Crippen MR) is 77.2 cm³/mol. The zero-order valence-electron chi connectivity index (χ0n) is 10.4. The average Bonchev–Trinajstić information content (AvgIpc) is 3.12. The third kappa shape index (κ3) is 5.05. The van der Waals surface area contributed by atoms with Crippen LogP contribution in [-0.2, 0) is 6.42 Å². The maximum Gasteiger partial charge on any atom is 0.0175 e. The highest BCUT2D eigenvalue weighted by atomic mass is 79.9. The fourth-order valence-electron chi connectivity index (χ4n) is 1.89. The first-order valence-electron chi connectivity index (χ1n) is 6.37. The van der Waals surface area contributed by atoms with Gasteiger partial charge >= 0.3 is 0 Å². The van der Waals surface area contributed by atoms with Crippen LogP contribution in [0.3, 0.4) is 0 Å². The molecule has 0 radical (unpaired) electrons. The molecule has 0 saturated heterocycles. The monoisotopic (exact) mass is 293 g/mol. The molecular formula is C15H20BrN. The Labute approximate surface area is 112 Å². The first kappa shape index (κ1) is 12.8. The van der Waals surface area contributed by atoms with Gasteiger partial charge in [0.05, 0.1) is 0 Å². The molecule has 0 aromatic heterocycles. The van der Waals surface area contributed by atoms with Crippen LogP contribution in [0, 0.1) is 0 Å². The second-order valence-electron chi connectivity index (χ2n) is 4.87. The van der Waals surface area contributed by atoms with Gasteiger partial charge in [0.15, 0.2) is 0 Å². The molecule has 1 fully saturated rings. The van der Waals surface area contributed by atoms with Gasteiger partial charge in [-0.15, -0.1) is 0 Å². The largest absolute Gasteiger partial charge is 0.314 e. The minimum atomic E-state index is 0.829. The highest BCUT2D eigenvalue weighted by molar-refractivity contribution is 9.10. The van der Waals surface area contributed by atoms with Crippen molar-refractivity contribution in [1.82, 2.24) is 5.32 Å². The fraction of sp³-hybridized carbons (Fsp3) is 0.467. The van der Waals surface area contributed by atoms with E-state index >= 15 is 0 Å². The number of hydrogen-bond acceptors (Lipinski definition) is 1. The molecule has 1 aliphatic rings. The molecule has 2 heteroatoms. The maximum absolute atomic E-state index is 3.53. The van der Waals surface area contributed by atoms with Crippen molar-refractivity contribution in [3.8, 4) is 0 Å². The Balaban J connectivity index is 1.72. The molecule has 1 aromatic carbocycles. The SMILES string of the molecule is CC(=CCCNC1CC1)Cc1ccc(Br)cc1. The Morgan fingerprint density at radius 3 is 2.71 bits per heavy atom. The van der Waals surface area contributed by atoms with E-state index in [1.54, 1.807) is 0 Å². The lowest BCUT2D eigenvalue weighted by Gasteiger charge is -2.03. The number of halogens is 1. The van der Waals surface area contributed by atoms with E-state index < -0.39 is 0 Å². The van der Waals surface area contributed by atoms with E-state index in [9.17, 15) is 0 Å². The fourth-order valence-corrected chi connectivity index (χ4v) is 2.15. The summed E-state index contributed by atoms with van der Waals surface area (Å²) >= 11 is 3.46. The molecule has 0 spiro atoms. The van der Waals surface area contributed by atoms with Gasteiger partial charge in [-0.3, -0.25) is 0 Å². The standard InChI is InChI=1S/C15H20BrN/c1-12(3-2-10-17-15-8-9-15)11-13-4-6-14(16)7-5-13/h3-7,15,17H,2,8-11H2,1H3. The molecule has 17 heavy (non-hydrogen) atoms. The summed E-state index contributed by atoms with van der Waals surface area (Å²) in [4.78, 5) is 0. The predicted octanol–water partition coefficient (Wildman–Crippen LogP) is 4.08. The van der Waals surface area contributed by atoms with Crippen LogP contribution >= 0.6 is 15.9 Å². The van der Waals surface area contributed by atoms with Crippen LogP contribution in [0.1, 0.15) is 31.7 Å². The molecule has 0 aliphatic heterocycles. The second-order valence-corrected chi connectivity index (χ2v) is 5.79. The summed E-state index contributed by atoms with van der Waals surface area (Å²) in [5, 5.41) is 3.53. The van der Waals surface area contributed by atoms with Crippen LogP contribution in [-0.4, -0.2) is 12.6 Å². The molecule has 0 atom stereocenters. The summed E-state index contributed by atoms with van der Waals surface area (Å²) in [5.74, 6) is 0. The van der Waals surface area contributed by atoms with Crippen LogP contribution in [0.25, 0.3) is 0 Å². The van der Waals surface area contributed by atoms with E-state index in [2.05, 4.69) is 58.5 Å². The quantitative estimate of drug-likeness (QED) is 0.616. The Kier molecular flexibility index (Phi) is 4.81. The lowest BCUT2D eigenvalue weighted by molar-refractivity contribution is 0.688. The zero-order chi connectivity index (χ0) is 12.1. The van der Waals surface area contributed by atoms with E-state index in [0.29, 0.717) is 0 Å². The Hall–Kier alpha value is -0.600. The zero-order valence-corrected chi connectivity index (χ0v) is 12.0. The van der Waals surface area contributed by atoms with Gasteiger partial charge in [-0.05, 0) is 56.8 Å². The van der Waals surface area contributed by atoms with Crippen molar-refractivity contribution in [2.75, 3.05) is 6.54 Å². The average molecular weight is 294 g/mol. The first-order chi connectivity index (χ1) is 8.24. The van der Waals surface area contributed by atoms with Crippen molar-refractivity contribution >= 4 is 15.9 Å². The summed E-state index contributed by atoms with van der Waals surface area (Å²) < 4.78 is 1.15. The van der Waals surface area contributed by atoms with Gasteiger partial charge in [0, 0.05) is 10.5 Å². The number of nitrogens with one attached hydrogen (secondary N) is 1. The van der Waals surface area contributed by atoms with Gasteiger partial charge < -0.3 is 5.32 Å². The highest BCUT2D eigenvalue weighted by Crippen LogP contribution is 2.18. The second kappa shape index (κ2) is 6.36. The van der Waals surface area contributed by atoms with E-state index in [1.165, 1.54) is 24.0 Å². The van der Waals surface area contributed by atoms with Crippen molar-refractivity contribution in [3.63, 3.8) is 0 Å². The van der Waals surface area contributed by atoms with E-state index in [4.69, 9.17) is 0 Å². The molecule has 0 unspecified atom stereocenters. The van der Waals surface area contributed by atoms with Crippen LogP contribution in [0.2, 0.25) is 0 Å². The van der Waals surface area contributed by atoms with E-state index in [-0.39, 0.29) is 0 Å². The van der Waals surface area contributed by atoms with Crippen molar-refractivity contribution in [1.29, 1.82) is 0 Å². The van der Waals surface area contributed by atoms with Gasteiger partial charge in [0.2, 0.25) is 0 Å². The molecule has 1 aromatic rings. The molecule has 2 rings (SSSR count). The minimum absolute atomic E-state index is 0.829. The lowest BCUT2D eigenvalue weighted by Crippen LogP contribution is -2.16. The molecule has 0 amide bonds. The third-order valence-electron chi connectivity index (χ3n) is 3.04. The molecule has 0 heterocycles. The molecular weight excluding hydrogens is 274 g/mol. The molecule has 0 bridgehead atoms. The van der Waals surface area contributed by atoms with Gasteiger partial charge in [-0.25, -0.2) is 0 Å². The third-order valence-corrected chi connectivity index (χ3v) is 3.57. The number of benzene rings is 1. The Bertz CT molecular complexity index is 376. The van der Waals surface area contributed by atoms with Crippen molar-refractivity contribution < 1.29 is 0 Å². The van der Waals surface area contributed by atoms with Gasteiger partial charge in [-0.1, -0.05) is 39.7 Å². The molecule has 1 nitrogen and oxygen atoms in total. The molecule has 92 valence electrons. The summed E-state index contributed by atoms with van der Waals surface area (Å²) in [5.41, 5.74) is 2.85. The normalized spacial score (nSPS) is 16.2. The number of allylic oxidation sites excluding steroid dienone is 1. The first-order valence-corrected chi connectivity index (χ1v) is 7.17.